The van der Waals surface area contributed by atoms with Gasteiger partial charge in [-0.05, 0) is 25.8 Å². The van der Waals surface area contributed by atoms with Crippen molar-refractivity contribution in [3.05, 3.63) is 0 Å². The molecule has 0 aromatic rings. The summed E-state index contributed by atoms with van der Waals surface area (Å²) in [5.41, 5.74) is 0. The summed E-state index contributed by atoms with van der Waals surface area (Å²) in [4.78, 5) is 0. The van der Waals surface area contributed by atoms with Crippen LogP contribution in [-0.4, -0.2) is 47.0 Å². The van der Waals surface area contributed by atoms with Crippen LogP contribution in [0.5, 0.6) is 0 Å². The van der Waals surface area contributed by atoms with Crippen molar-refractivity contribution in [1.29, 1.82) is 0 Å². The van der Waals surface area contributed by atoms with Gasteiger partial charge in [-0.2, -0.15) is 0 Å². The number of unbranched alkanes of at least 4 members (excludes halogenated alkanes) is 1. The lowest BCUT2D eigenvalue weighted by molar-refractivity contribution is 0.196. The van der Waals surface area contributed by atoms with Crippen LogP contribution in [0.2, 0.25) is 0 Å². The maximum atomic E-state index is 11.5. The molecular weight excluding hydrogens is 240 g/mol. The highest BCUT2D eigenvalue weighted by Crippen LogP contribution is 1.94. The predicted octanol–water partition coefficient (Wildman–Crippen LogP) is 0.721. The summed E-state index contributed by atoms with van der Waals surface area (Å²) >= 11 is 0. The van der Waals surface area contributed by atoms with Crippen LogP contribution in [0.1, 0.15) is 33.1 Å². The van der Waals surface area contributed by atoms with Crippen LogP contribution in [0.25, 0.3) is 0 Å². The van der Waals surface area contributed by atoms with Crippen molar-refractivity contribution in [3.63, 3.8) is 0 Å². The summed E-state index contributed by atoms with van der Waals surface area (Å²) in [7, 11) is -1.49. The Hall–Kier alpha value is -0.170. The Morgan fingerprint density at radius 1 is 1.12 bits per heavy atom. The molecule has 6 heteroatoms. The molecule has 0 unspecified atom stereocenters. The van der Waals surface area contributed by atoms with E-state index in [4.69, 9.17) is 4.74 Å². The molecule has 5 nitrogen and oxygen atoms in total. The monoisotopic (exact) mass is 266 g/mol. The smallest absolute Gasteiger partial charge is 0.211 e. The fourth-order valence-electron chi connectivity index (χ4n) is 1.32. The van der Waals surface area contributed by atoms with Gasteiger partial charge >= 0.3 is 0 Å². The van der Waals surface area contributed by atoms with Gasteiger partial charge in [-0.3, -0.25) is 0 Å². The highest BCUT2D eigenvalue weighted by Gasteiger charge is 2.08. The normalized spacial score (nSPS) is 12.2. The predicted molar refractivity (Wildman–Crippen MR) is 70.7 cm³/mol. The van der Waals surface area contributed by atoms with E-state index in [-0.39, 0.29) is 5.75 Å². The van der Waals surface area contributed by atoms with Gasteiger partial charge in [-0.25, -0.2) is 13.1 Å². The average molecular weight is 266 g/mol. The Labute approximate surface area is 105 Å². The van der Waals surface area contributed by atoms with E-state index in [2.05, 4.69) is 23.9 Å². The second-order valence-electron chi connectivity index (χ2n) is 4.38. The highest BCUT2D eigenvalue weighted by atomic mass is 32.2. The summed E-state index contributed by atoms with van der Waals surface area (Å²) in [6, 6.07) is 0.457. The molecule has 0 atom stereocenters. The van der Waals surface area contributed by atoms with Crippen LogP contribution >= 0.6 is 0 Å². The lowest BCUT2D eigenvalue weighted by atomic mass is 10.3. The van der Waals surface area contributed by atoms with E-state index in [1.54, 1.807) is 7.11 Å². The minimum Gasteiger partial charge on any atom is -0.385 e. The fraction of sp³-hybridized carbons (Fsp3) is 1.00. The molecule has 0 bridgehead atoms. The van der Waals surface area contributed by atoms with Crippen molar-refractivity contribution in [2.75, 3.05) is 32.6 Å². The minimum atomic E-state index is -3.10. The van der Waals surface area contributed by atoms with E-state index in [0.29, 0.717) is 32.0 Å². The molecule has 0 aliphatic carbocycles. The second-order valence-corrected chi connectivity index (χ2v) is 6.30. The van der Waals surface area contributed by atoms with Crippen LogP contribution in [0, 0.1) is 0 Å². The molecule has 0 saturated carbocycles. The Balaban J connectivity index is 3.51. The number of ether oxygens (including phenoxy) is 1. The molecule has 0 rings (SSSR count). The van der Waals surface area contributed by atoms with Gasteiger partial charge in [0.25, 0.3) is 0 Å². The third-order valence-electron chi connectivity index (χ3n) is 2.24. The Bertz CT molecular complexity index is 266. The SMILES string of the molecule is COCCCNS(=O)(=O)CCCCNC(C)C. The van der Waals surface area contributed by atoms with Crippen molar-refractivity contribution in [2.24, 2.45) is 0 Å². The molecule has 0 saturated heterocycles. The number of rotatable bonds is 11. The first-order valence-electron chi connectivity index (χ1n) is 6.17. The number of sulfonamides is 1. The maximum Gasteiger partial charge on any atom is 0.211 e. The number of nitrogens with one attached hydrogen (secondary N) is 2. The van der Waals surface area contributed by atoms with Gasteiger partial charge in [0.1, 0.15) is 0 Å². The Morgan fingerprint density at radius 3 is 2.41 bits per heavy atom. The molecule has 104 valence electrons. The van der Waals surface area contributed by atoms with E-state index < -0.39 is 10.0 Å². The number of methoxy groups -OCH3 is 1. The van der Waals surface area contributed by atoms with E-state index in [9.17, 15) is 8.42 Å². The van der Waals surface area contributed by atoms with Crippen molar-refractivity contribution >= 4 is 10.0 Å². The average Bonchev–Trinajstić information content (AvgIpc) is 2.23. The van der Waals surface area contributed by atoms with E-state index in [0.717, 1.165) is 13.0 Å². The second kappa shape index (κ2) is 9.82. The minimum absolute atomic E-state index is 0.208. The molecule has 0 spiro atoms. The van der Waals surface area contributed by atoms with Crippen molar-refractivity contribution in [2.45, 2.75) is 39.2 Å². The van der Waals surface area contributed by atoms with Gasteiger partial charge in [-0.1, -0.05) is 13.8 Å². The molecule has 0 aromatic carbocycles. The number of hydrogen-bond acceptors (Lipinski definition) is 4. The third-order valence-corrected chi connectivity index (χ3v) is 3.71. The molecular formula is C11H26N2O3S. The van der Waals surface area contributed by atoms with Gasteiger partial charge in [0.05, 0.1) is 5.75 Å². The van der Waals surface area contributed by atoms with Gasteiger partial charge in [-0.15, -0.1) is 0 Å². The molecule has 2 N–H and O–H groups in total. The van der Waals surface area contributed by atoms with Gasteiger partial charge in [0.2, 0.25) is 10.0 Å². The first-order chi connectivity index (χ1) is 7.98. The summed E-state index contributed by atoms with van der Waals surface area (Å²) < 4.78 is 30.5. The largest absolute Gasteiger partial charge is 0.385 e. The molecule has 0 aliphatic heterocycles. The zero-order valence-corrected chi connectivity index (χ0v) is 12.0. The molecule has 0 aliphatic rings. The Kier molecular flexibility index (Phi) is 9.72. The summed E-state index contributed by atoms with van der Waals surface area (Å²) in [5, 5.41) is 3.26. The fourth-order valence-corrected chi connectivity index (χ4v) is 2.51. The quantitative estimate of drug-likeness (QED) is 0.541. The van der Waals surface area contributed by atoms with Crippen LogP contribution in [-0.2, 0) is 14.8 Å². The maximum absolute atomic E-state index is 11.5. The van der Waals surface area contributed by atoms with Crippen LogP contribution in [0.15, 0.2) is 0 Å². The van der Waals surface area contributed by atoms with Crippen LogP contribution in [0.4, 0.5) is 0 Å². The van der Waals surface area contributed by atoms with E-state index in [1.807, 2.05) is 0 Å². The molecule has 0 amide bonds. The lowest BCUT2D eigenvalue weighted by Crippen LogP contribution is -2.29. The van der Waals surface area contributed by atoms with Crippen molar-refractivity contribution < 1.29 is 13.2 Å². The highest BCUT2D eigenvalue weighted by molar-refractivity contribution is 7.89. The van der Waals surface area contributed by atoms with Gasteiger partial charge in [0.15, 0.2) is 0 Å². The topological polar surface area (TPSA) is 67.4 Å². The Morgan fingerprint density at radius 2 is 1.82 bits per heavy atom. The van der Waals surface area contributed by atoms with E-state index in [1.165, 1.54) is 0 Å². The van der Waals surface area contributed by atoms with Crippen molar-refractivity contribution in [1.82, 2.24) is 10.0 Å². The van der Waals surface area contributed by atoms with E-state index >= 15 is 0 Å². The van der Waals surface area contributed by atoms with Crippen LogP contribution < -0.4 is 10.0 Å². The molecule has 17 heavy (non-hydrogen) atoms. The molecule has 0 radical (unpaired) electrons. The summed E-state index contributed by atoms with van der Waals surface area (Å²) in [6.45, 7) is 6.07. The lowest BCUT2D eigenvalue weighted by Gasteiger charge is -2.08. The molecule has 0 aromatic heterocycles. The molecule has 0 fully saturated rings. The first kappa shape index (κ1) is 16.8. The summed E-state index contributed by atoms with van der Waals surface area (Å²) in [5.74, 6) is 0.208. The van der Waals surface area contributed by atoms with Gasteiger partial charge < -0.3 is 10.1 Å². The van der Waals surface area contributed by atoms with Gasteiger partial charge in [0, 0.05) is 26.3 Å². The zero-order chi connectivity index (χ0) is 13.1. The number of hydrogen-bond donors (Lipinski definition) is 2. The molecule has 0 heterocycles. The summed E-state index contributed by atoms with van der Waals surface area (Å²) in [6.07, 6.45) is 2.29. The standard InChI is InChI=1S/C11H26N2O3S/c1-11(2)12-7-4-5-10-17(14,15)13-8-6-9-16-3/h11-13H,4-10H2,1-3H3. The van der Waals surface area contributed by atoms with Crippen molar-refractivity contribution in [3.8, 4) is 0 Å². The zero-order valence-electron chi connectivity index (χ0n) is 11.2. The third kappa shape index (κ3) is 12.1. The first-order valence-corrected chi connectivity index (χ1v) is 7.83. The van der Waals surface area contributed by atoms with Crippen LogP contribution in [0.3, 0.4) is 0 Å².